The van der Waals surface area contributed by atoms with E-state index >= 15 is 0 Å². The van der Waals surface area contributed by atoms with E-state index in [4.69, 9.17) is 0 Å². The van der Waals surface area contributed by atoms with Gasteiger partial charge in [-0.15, -0.1) is 0 Å². The van der Waals surface area contributed by atoms with Crippen LogP contribution in [0.25, 0.3) is 0 Å². The number of halogens is 3. The second-order valence-electron chi connectivity index (χ2n) is 6.36. The zero-order valence-corrected chi connectivity index (χ0v) is 13.8. The third kappa shape index (κ3) is 4.70. The minimum absolute atomic E-state index is 0.118. The number of benzene rings is 1. The number of carbonyl (C=O) groups is 1. The quantitative estimate of drug-likeness (QED) is 0.862. The topological polar surface area (TPSA) is 52.6 Å². The monoisotopic (exact) mass is 344 g/mol. The van der Waals surface area contributed by atoms with E-state index in [9.17, 15) is 23.1 Å². The molecule has 0 saturated carbocycles. The molecular formula is C17H23F3N2O2. The largest absolute Gasteiger partial charge is 0.416 e. The molecule has 0 spiro atoms. The predicted molar refractivity (Wildman–Crippen MR) is 85.6 cm³/mol. The van der Waals surface area contributed by atoms with Crippen molar-refractivity contribution >= 4 is 11.6 Å². The van der Waals surface area contributed by atoms with Crippen molar-refractivity contribution in [1.82, 2.24) is 4.90 Å². The fourth-order valence-corrected chi connectivity index (χ4v) is 3.19. The fourth-order valence-electron chi connectivity index (χ4n) is 3.19. The number of alkyl halides is 3. The lowest BCUT2D eigenvalue weighted by Gasteiger charge is -2.30. The van der Waals surface area contributed by atoms with Gasteiger partial charge in [0.1, 0.15) is 0 Å². The van der Waals surface area contributed by atoms with Crippen LogP contribution in [0.3, 0.4) is 0 Å². The first-order chi connectivity index (χ1) is 11.2. The predicted octanol–water partition coefficient (Wildman–Crippen LogP) is 3.27. The Morgan fingerprint density at radius 3 is 2.75 bits per heavy atom. The molecule has 134 valence electrons. The summed E-state index contributed by atoms with van der Waals surface area (Å²) in [7, 11) is 0. The van der Waals surface area contributed by atoms with Crippen LogP contribution >= 0.6 is 0 Å². The number of rotatable bonds is 5. The van der Waals surface area contributed by atoms with Gasteiger partial charge in [0.15, 0.2) is 0 Å². The van der Waals surface area contributed by atoms with Crippen molar-refractivity contribution in [2.75, 3.05) is 11.9 Å². The summed E-state index contributed by atoms with van der Waals surface area (Å²) in [5, 5.41) is 12.1. The highest BCUT2D eigenvalue weighted by Crippen LogP contribution is 2.31. The van der Waals surface area contributed by atoms with Gasteiger partial charge < -0.3 is 10.4 Å². The van der Waals surface area contributed by atoms with Crippen LogP contribution in [0.15, 0.2) is 24.3 Å². The maximum Gasteiger partial charge on any atom is 0.416 e. The van der Waals surface area contributed by atoms with Crippen molar-refractivity contribution in [1.29, 1.82) is 0 Å². The smallest absolute Gasteiger partial charge is 0.393 e. The van der Waals surface area contributed by atoms with Gasteiger partial charge in [-0.25, -0.2) is 0 Å². The van der Waals surface area contributed by atoms with Crippen molar-refractivity contribution in [2.24, 2.45) is 0 Å². The summed E-state index contributed by atoms with van der Waals surface area (Å²) in [4.78, 5) is 14.4. The third-order valence-electron chi connectivity index (χ3n) is 4.37. The lowest BCUT2D eigenvalue weighted by atomic mass is 10.1. The molecule has 0 radical (unpaired) electrons. The lowest BCUT2D eigenvalue weighted by molar-refractivity contribution is -0.137. The summed E-state index contributed by atoms with van der Waals surface area (Å²) < 4.78 is 38.2. The van der Waals surface area contributed by atoms with Crippen LogP contribution in [0.5, 0.6) is 0 Å². The number of anilines is 1. The molecule has 1 aromatic carbocycles. The van der Waals surface area contributed by atoms with E-state index < -0.39 is 23.9 Å². The molecule has 1 aliphatic heterocycles. The first-order valence-corrected chi connectivity index (χ1v) is 8.10. The van der Waals surface area contributed by atoms with E-state index in [1.54, 1.807) is 13.8 Å². The van der Waals surface area contributed by atoms with E-state index in [0.29, 0.717) is 6.42 Å². The maximum atomic E-state index is 12.7. The van der Waals surface area contributed by atoms with Crippen LogP contribution < -0.4 is 5.32 Å². The van der Waals surface area contributed by atoms with Gasteiger partial charge in [0.05, 0.1) is 17.7 Å². The van der Waals surface area contributed by atoms with Crippen LogP contribution in [-0.4, -0.2) is 40.6 Å². The van der Waals surface area contributed by atoms with Gasteiger partial charge in [-0.3, -0.25) is 9.69 Å². The van der Waals surface area contributed by atoms with Gasteiger partial charge in [-0.2, -0.15) is 13.2 Å². The molecule has 1 aliphatic rings. The Bertz CT molecular complexity index is 575. The molecule has 1 fully saturated rings. The van der Waals surface area contributed by atoms with Gasteiger partial charge in [-0.05, 0) is 57.9 Å². The van der Waals surface area contributed by atoms with Crippen LogP contribution in [-0.2, 0) is 11.0 Å². The van der Waals surface area contributed by atoms with Crippen molar-refractivity contribution in [3.63, 3.8) is 0 Å². The van der Waals surface area contributed by atoms with Gasteiger partial charge in [-0.1, -0.05) is 6.07 Å². The average molecular weight is 344 g/mol. The highest BCUT2D eigenvalue weighted by molar-refractivity contribution is 5.94. The molecule has 3 unspecified atom stereocenters. The van der Waals surface area contributed by atoms with E-state index in [1.807, 2.05) is 4.90 Å². The number of carbonyl (C=O) groups excluding carboxylic acids is 1. The summed E-state index contributed by atoms with van der Waals surface area (Å²) in [6, 6.07) is 4.27. The number of hydrogen-bond acceptors (Lipinski definition) is 3. The third-order valence-corrected chi connectivity index (χ3v) is 4.37. The number of aliphatic hydroxyl groups is 1. The fraction of sp³-hybridized carbons (Fsp3) is 0.588. The molecule has 1 aromatic rings. The van der Waals surface area contributed by atoms with E-state index in [0.717, 1.165) is 31.5 Å². The summed E-state index contributed by atoms with van der Waals surface area (Å²) in [6.45, 7) is 4.20. The Kier molecular flexibility index (Phi) is 5.87. The van der Waals surface area contributed by atoms with E-state index in [2.05, 4.69) is 5.32 Å². The average Bonchev–Trinajstić information content (AvgIpc) is 2.93. The van der Waals surface area contributed by atoms with Crippen LogP contribution in [0, 0.1) is 0 Å². The minimum atomic E-state index is -4.44. The number of hydrogen-bond donors (Lipinski definition) is 2. The highest BCUT2D eigenvalue weighted by atomic mass is 19.4. The number of nitrogens with one attached hydrogen (secondary N) is 1. The van der Waals surface area contributed by atoms with Crippen LogP contribution in [0.1, 0.15) is 38.7 Å². The number of amides is 1. The van der Waals surface area contributed by atoms with Crippen molar-refractivity contribution < 1.29 is 23.1 Å². The molecule has 24 heavy (non-hydrogen) atoms. The second-order valence-corrected chi connectivity index (χ2v) is 6.36. The molecule has 0 bridgehead atoms. The lowest BCUT2D eigenvalue weighted by Crippen LogP contribution is -2.45. The second kappa shape index (κ2) is 7.53. The Labute approximate surface area is 139 Å². The van der Waals surface area contributed by atoms with Crippen LogP contribution in [0.2, 0.25) is 0 Å². The first kappa shape index (κ1) is 18.7. The zero-order valence-electron chi connectivity index (χ0n) is 13.8. The van der Waals surface area contributed by atoms with Gasteiger partial charge in [0.2, 0.25) is 5.91 Å². The molecule has 4 nitrogen and oxygen atoms in total. The standard InChI is InChI=1S/C17H23F3N2O2/c1-11(23)9-15-7-4-8-22(15)12(2)16(24)21-14-6-3-5-13(10-14)17(18,19)20/h3,5-6,10-12,15,23H,4,7-9H2,1-2H3,(H,21,24). The molecule has 1 saturated heterocycles. The van der Waals surface area contributed by atoms with E-state index in [1.165, 1.54) is 12.1 Å². The molecule has 0 aromatic heterocycles. The summed E-state index contributed by atoms with van der Waals surface area (Å²) in [5.74, 6) is -0.341. The minimum Gasteiger partial charge on any atom is -0.393 e. The normalized spacial score (nSPS) is 21.5. The molecule has 2 N–H and O–H groups in total. The zero-order chi connectivity index (χ0) is 17.9. The van der Waals surface area contributed by atoms with Crippen molar-refractivity contribution in [3.8, 4) is 0 Å². The first-order valence-electron chi connectivity index (χ1n) is 8.10. The number of nitrogens with zero attached hydrogens (tertiary/aromatic N) is 1. The van der Waals surface area contributed by atoms with E-state index in [-0.39, 0.29) is 17.6 Å². The molecule has 3 atom stereocenters. The van der Waals surface area contributed by atoms with Gasteiger partial charge in [0, 0.05) is 11.7 Å². The summed E-state index contributed by atoms with van der Waals surface area (Å²) >= 11 is 0. The Morgan fingerprint density at radius 2 is 2.12 bits per heavy atom. The van der Waals surface area contributed by atoms with Crippen molar-refractivity contribution in [2.45, 2.75) is 57.5 Å². The number of likely N-dealkylation sites (tertiary alicyclic amines) is 1. The molecule has 7 heteroatoms. The SMILES string of the molecule is CC(O)CC1CCCN1C(C)C(=O)Nc1cccc(C(F)(F)F)c1. The number of aliphatic hydroxyl groups excluding tert-OH is 1. The molecule has 2 rings (SSSR count). The Hall–Kier alpha value is -1.60. The van der Waals surface area contributed by atoms with Gasteiger partial charge >= 0.3 is 6.18 Å². The van der Waals surface area contributed by atoms with Crippen LogP contribution in [0.4, 0.5) is 18.9 Å². The molecule has 1 heterocycles. The Morgan fingerprint density at radius 1 is 1.42 bits per heavy atom. The summed E-state index contributed by atoms with van der Waals surface area (Å²) in [6.07, 6.45) is -2.45. The summed E-state index contributed by atoms with van der Waals surface area (Å²) in [5.41, 5.74) is -0.658. The Balaban J connectivity index is 2.04. The maximum absolute atomic E-state index is 12.7. The van der Waals surface area contributed by atoms with Gasteiger partial charge in [0.25, 0.3) is 0 Å². The molecular weight excluding hydrogens is 321 g/mol. The molecule has 1 amide bonds. The highest BCUT2D eigenvalue weighted by Gasteiger charge is 2.33. The molecule has 0 aliphatic carbocycles. The van der Waals surface area contributed by atoms with Crippen molar-refractivity contribution in [3.05, 3.63) is 29.8 Å².